The molecule has 1 aliphatic rings. The van der Waals surface area contributed by atoms with E-state index in [1.807, 2.05) is 0 Å². The van der Waals surface area contributed by atoms with E-state index in [0.717, 1.165) is 28.6 Å². The fraction of sp³-hybridized carbons (Fsp3) is 0.273. The SMILES string of the molecule is COC(=C1CC1)c1cc(F)ccc1Br. The second kappa shape index (κ2) is 3.73. The van der Waals surface area contributed by atoms with E-state index >= 15 is 0 Å². The van der Waals surface area contributed by atoms with Crippen molar-refractivity contribution in [2.75, 3.05) is 7.11 Å². The molecule has 1 fully saturated rings. The summed E-state index contributed by atoms with van der Waals surface area (Å²) in [6.45, 7) is 0. The maximum Gasteiger partial charge on any atom is 0.126 e. The lowest BCUT2D eigenvalue weighted by Gasteiger charge is -2.08. The monoisotopic (exact) mass is 256 g/mol. The van der Waals surface area contributed by atoms with E-state index in [9.17, 15) is 4.39 Å². The molecule has 1 saturated carbocycles. The van der Waals surface area contributed by atoms with Crippen LogP contribution in [-0.4, -0.2) is 7.11 Å². The van der Waals surface area contributed by atoms with Crippen LogP contribution in [0.1, 0.15) is 18.4 Å². The van der Waals surface area contributed by atoms with E-state index in [0.29, 0.717) is 0 Å². The van der Waals surface area contributed by atoms with E-state index < -0.39 is 0 Å². The van der Waals surface area contributed by atoms with Gasteiger partial charge in [0.15, 0.2) is 0 Å². The van der Waals surface area contributed by atoms with Crippen molar-refractivity contribution in [2.24, 2.45) is 0 Å². The molecular formula is C11H10BrFO. The van der Waals surface area contributed by atoms with Crippen molar-refractivity contribution in [3.8, 4) is 0 Å². The van der Waals surface area contributed by atoms with Crippen molar-refractivity contribution in [3.05, 3.63) is 39.6 Å². The van der Waals surface area contributed by atoms with Crippen LogP contribution in [0, 0.1) is 5.82 Å². The number of methoxy groups -OCH3 is 1. The van der Waals surface area contributed by atoms with Gasteiger partial charge in [0.1, 0.15) is 11.6 Å². The average molecular weight is 257 g/mol. The molecule has 0 aliphatic heterocycles. The van der Waals surface area contributed by atoms with E-state index in [-0.39, 0.29) is 5.82 Å². The van der Waals surface area contributed by atoms with E-state index in [1.54, 1.807) is 13.2 Å². The lowest BCUT2D eigenvalue weighted by molar-refractivity contribution is 0.368. The van der Waals surface area contributed by atoms with Crippen molar-refractivity contribution in [3.63, 3.8) is 0 Å². The Hall–Kier alpha value is -0.830. The van der Waals surface area contributed by atoms with Crippen LogP contribution in [0.4, 0.5) is 4.39 Å². The van der Waals surface area contributed by atoms with E-state index in [4.69, 9.17) is 4.74 Å². The summed E-state index contributed by atoms with van der Waals surface area (Å²) < 4.78 is 19.2. The molecule has 0 unspecified atom stereocenters. The standard InChI is InChI=1S/C11H10BrFO/c1-14-11(7-2-3-7)9-6-8(13)4-5-10(9)12/h4-6H,2-3H2,1H3. The zero-order valence-electron chi connectivity index (χ0n) is 7.81. The van der Waals surface area contributed by atoms with Crippen LogP contribution in [0.25, 0.3) is 5.76 Å². The van der Waals surface area contributed by atoms with Crippen LogP contribution < -0.4 is 0 Å². The summed E-state index contributed by atoms with van der Waals surface area (Å²) in [5.41, 5.74) is 2.07. The van der Waals surface area contributed by atoms with Crippen molar-refractivity contribution >= 4 is 21.7 Å². The molecule has 0 N–H and O–H groups in total. The maximum atomic E-state index is 13.0. The molecule has 0 atom stereocenters. The molecule has 0 spiro atoms. The Morgan fingerprint density at radius 3 is 2.71 bits per heavy atom. The van der Waals surface area contributed by atoms with Gasteiger partial charge in [0.2, 0.25) is 0 Å². The number of ether oxygens (including phenoxy) is 1. The number of rotatable bonds is 2. The lowest BCUT2D eigenvalue weighted by Crippen LogP contribution is -1.90. The number of benzene rings is 1. The third-order valence-electron chi connectivity index (χ3n) is 2.20. The summed E-state index contributed by atoms with van der Waals surface area (Å²) >= 11 is 3.39. The van der Waals surface area contributed by atoms with E-state index in [2.05, 4.69) is 15.9 Å². The zero-order chi connectivity index (χ0) is 10.1. The lowest BCUT2D eigenvalue weighted by atomic mass is 10.1. The van der Waals surface area contributed by atoms with Gasteiger partial charge in [0.05, 0.1) is 7.11 Å². The van der Waals surface area contributed by atoms with Gasteiger partial charge in [0, 0.05) is 10.0 Å². The van der Waals surface area contributed by atoms with Gasteiger partial charge in [-0.3, -0.25) is 0 Å². The Balaban J connectivity index is 2.49. The molecule has 74 valence electrons. The highest BCUT2D eigenvalue weighted by atomic mass is 79.9. The van der Waals surface area contributed by atoms with Gasteiger partial charge in [-0.15, -0.1) is 0 Å². The van der Waals surface area contributed by atoms with Crippen LogP contribution in [0.15, 0.2) is 28.2 Å². The predicted octanol–water partition coefficient (Wildman–Crippen LogP) is 3.74. The van der Waals surface area contributed by atoms with Crippen LogP contribution in [-0.2, 0) is 4.74 Å². The zero-order valence-corrected chi connectivity index (χ0v) is 9.40. The normalized spacial score (nSPS) is 14.1. The summed E-state index contributed by atoms with van der Waals surface area (Å²) in [4.78, 5) is 0. The van der Waals surface area contributed by atoms with Gasteiger partial charge >= 0.3 is 0 Å². The fourth-order valence-corrected chi connectivity index (χ4v) is 1.83. The topological polar surface area (TPSA) is 9.23 Å². The van der Waals surface area contributed by atoms with Crippen molar-refractivity contribution in [1.29, 1.82) is 0 Å². The molecule has 3 heteroatoms. The largest absolute Gasteiger partial charge is 0.496 e. The highest BCUT2D eigenvalue weighted by Crippen LogP contribution is 2.39. The Morgan fingerprint density at radius 1 is 1.43 bits per heavy atom. The van der Waals surface area contributed by atoms with Crippen molar-refractivity contribution in [2.45, 2.75) is 12.8 Å². The average Bonchev–Trinajstić information content (AvgIpc) is 2.96. The Bertz CT molecular complexity index is 392. The minimum Gasteiger partial charge on any atom is -0.496 e. The first-order valence-electron chi connectivity index (χ1n) is 4.44. The van der Waals surface area contributed by atoms with Gasteiger partial charge < -0.3 is 4.74 Å². The first-order chi connectivity index (χ1) is 6.72. The molecule has 0 heterocycles. The molecular weight excluding hydrogens is 247 g/mol. The molecule has 1 nitrogen and oxygen atoms in total. The summed E-state index contributed by atoms with van der Waals surface area (Å²) in [7, 11) is 1.62. The molecule has 14 heavy (non-hydrogen) atoms. The molecule has 0 radical (unpaired) electrons. The smallest absolute Gasteiger partial charge is 0.126 e. The number of hydrogen-bond donors (Lipinski definition) is 0. The van der Waals surface area contributed by atoms with Crippen LogP contribution in [0.5, 0.6) is 0 Å². The highest BCUT2D eigenvalue weighted by molar-refractivity contribution is 9.10. The molecule has 2 rings (SSSR count). The summed E-state index contributed by atoms with van der Waals surface area (Å²) in [5, 5.41) is 0. The van der Waals surface area contributed by atoms with Crippen LogP contribution >= 0.6 is 15.9 Å². The molecule has 1 aliphatic carbocycles. The fourth-order valence-electron chi connectivity index (χ4n) is 1.41. The molecule has 0 amide bonds. The number of hydrogen-bond acceptors (Lipinski definition) is 1. The van der Waals surface area contributed by atoms with Gasteiger partial charge in [-0.1, -0.05) is 15.9 Å². The second-order valence-electron chi connectivity index (χ2n) is 3.26. The third kappa shape index (κ3) is 1.82. The molecule has 1 aromatic carbocycles. The Labute approximate surface area is 90.7 Å². The van der Waals surface area contributed by atoms with Crippen LogP contribution in [0.2, 0.25) is 0 Å². The number of halogens is 2. The van der Waals surface area contributed by atoms with Gasteiger partial charge in [-0.05, 0) is 36.6 Å². The van der Waals surface area contributed by atoms with Crippen molar-refractivity contribution < 1.29 is 9.13 Å². The minimum absolute atomic E-state index is 0.237. The molecule has 1 aromatic rings. The summed E-state index contributed by atoms with van der Waals surface area (Å²) in [6, 6.07) is 4.62. The van der Waals surface area contributed by atoms with Crippen LogP contribution in [0.3, 0.4) is 0 Å². The van der Waals surface area contributed by atoms with Gasteiger partial charge in [0.25, 0.3) is 0 Å². The molecule has 0 saturated heterocycles. The maximum absolute atomic E-state index is 13.0. The second-order valence-corrected chi connectivity index (χ2v) is 4.12. The Morgan fingerprint density at radius 2 is 2.14 bits per heavy atom. The van der Waals surface area contributed by atoms with Gasteiger partial charge in [-0.25, -0.2) is 4.39 Å². The molecule has 0 bridgehead atoms. The summed E-state index contributed by atoms with van der Waals surface area (Å²) in [5.74, 6) is 0.579. The first-order valence-corrected chi connectivity index (χ1v) is 5.23. The highest BCUT2D eigenvalue weighted by Gasteiger charge is 2.21. The minimum atomic E-state index is -0.237. The third-order valence-corrected chi connectivity index (χ3v) is 2.89. The van der Waals surface area contributed by atoms with Gasteiger partial charge in [-0.2, -0.15) is 0 Å². The van der Waals surface area contributed by atoms with E-state index in [1.165, 1.54) is 17.7 Å². The quantitative estimate of drug-likeness (QED) is 0.733. The first kappa shape index (κ1) is 9.71. The Kier molecular flexibility index (Phi) is 2.59. The van der Waals surface area contributed by atoms with Crippen molar-refractivity contribution in [1.82, 2.24) is 0 Å². The summed E-state index contributed by atoms with van der Waals surface area (Å²) in [6.07, 6.45) is 2.12. The molecule has 0 aromatic heterocycles. The number of allylic oxidation sites excluding steroid dienone is 1. The predicted molar refractivity (Wildman–Crippen MR) is 57.3 cm³/mol.